The summed E-state index contributed by atoms with van der Waals surface area (Å²) in [6, 6.07) is 14.0. The van der Waals surface area contributed by atoms with Crippen LogP contribution < -0.4 is 10.2 Å². The third kappa shape index (κ3) is 3.62. The Morgan fingerprint density at radius 2 is 1.75 bits per heavy atom. The highest BCUT2D eigenvalue weighted by Crippen LogP contribution is 2.43. The summed E-state index contributed by atoms with van der Waals surface area (Å²) in [5.41, 5.74) is 1.57. The van der Waals surface area contributed by atoms with Crippen LogP contribution in [-0.2, 0) is 16.1 Å². The molecule has 2 heterocycles. The molecule has 8 nitrogen and oxygen atoms in total. The zero-order valence-electron chi connectivity index (χ0n) is 18.4. The minimum absolute atomic E-state index is 0.0507. The van der Waals surface area contributed by atoms with Crippen LogP contribution in [0.3, 0.4) is 0 Å². The van der Waals surface area contributed by atoms with E-state index >= 15 is 0 Å². The lowest BCUT2D eigenvalue weighted by atomic mass is 9.98. The number of hydrogen-bond acceptors (Lipinski definition) is 4. The summed E-state index contributed by atoms with van der Waals surface area (Å²) < 4.78 is 0. The molecular weight excluding hydrogens is 408 g/mol. The van der Waals surface area contributed by atoms with Crippen molar-refractivity contribution < 1.29 is 19.2 Å². The minimum Gasteiger partial charge on any atom is -0.350 e. The van der Waals surface area contributed by atoms with E-state index < -0.39 is 5.66 Å². The van der Waals surface area contributed by atoms with Gasteiger partial charge in [-0.25, -0.2) is 0 Å². The van der Waals surface area contributed by atoms with Gasteiger partial charge in [0, 0.05) is 32.6 Å². The SMILES string of the molecule is CN(C)C(=O)c1ccc(CNC(=O)CN2C(=O)c3ccccc3N3C(=O)CCC23C)cc1. The molecule has 32 heavy (non-hydrogen) atoms. The first-order chi connectivity index (χ1) is 15.2. The Labute approximate surface area is 186 Å². The quantitative estimate of drug-likeness (QED) is 0.780. The molecule has 8 heteroatoms. The molecule has 1 unspecified atom stereocenters. The van der Waals surface area contributed by atoms with Gasteiger partial charge in [-0.2, -0.15) is 0 Å². The largest absolute Gasteiger partial charge is 0.350 e. The van der Waals surface area contributed by atoms with Crippen molar-refractivity contribution in [3.05, 3.63) is 65.2 Å². The van der Waals surface area contributed by atoms with Gasteiger partial charge in [0.25, 0.3) is 11.8 Å². The fourth-order valence-electron chi connectivity index (χ4n) is 4.36. The zero-order chi connectivity index (χ0) is 23.0. The van der Waals surface area contributed by atoms with Gasteiger partial charge in [0.05, 0.1) is 11.3 Å². The van der Waals surface area contributed by atoms with E-state index in [1.54, 1.807) is 67.5 Å². The maximum atomic E-state index is 13.2. The van der Waals surface area contributed by atoms with E-state index in [4.69, 9.17) is 0 Å². The fourth-order valence-corrected chi connectivity index (χ4v) is 4.36. The van der Waals surface area contributed by atoms with Crippen molar-refractivity contribution in [3.8, 4) is 0 Å². The monoisotopic (exact) mass is 434 g/mol. The molecule has 0 aliphatic carbocycles. The predicted molar refractivity (Wildman–Crippen MR) is 119 cm³/mol. The number of anilines is 1. The molecule has 1 N–H and O–H groups in total. The summed E-state index contributed by atoms with van der Waals surface area (Å²) in [5, 5.41) is 2.84. The number of amides is 4. The van der Waals surface area contributed by atoms with E-state index in [-0.39, 0.29) is 36.7 Å². The van der Waals surface area contributed by atoms with Crippen LogP contribution in [0.2, 0.25) is 0 Å². The van der Waals surface area contributed by atoms with Crippen molar-refractivity contribution in [2.45, 2.75) is 32.0 Å². The highest BCUT2D eigenvalue weighted by Gasteiger charge is 2.53. The van der Waals surface area contributed by atoms with E-state index in [0.29, 0.717) is 29.7 Å². The first kappa shape index (κ1) is 21.5. The zero-order valence-corrected chi connectivity index (χ0v) is 18.4. The second kappa shape index (κ2) is 8.11. The third-order valence-electron chi connectivity index (χ3n) is 6.14. The Hall–Kier alpha value is -3.68. The number of carbonyl (C=O) groups is 4. The van der Waals surface area contributed by atoms with Crippen molar-refractivity contribution in [1.82, 2.24) is 15.1 Å². The van der Waals surface area contributed by atoms with Gasteiger partial charge >= 0.3 is 0 Å². The van der Waals surface area contributed by atoms with Crippen LogP contribution in [0, 0.1) is 0 Å². The molecule has 0 saturated carbocycles. The molecule has 2 aliphatic rings. The van der Waals surface area contributed by atoms with Crippen LogP contribution in [-0.4, -0.2) is 59.7 Å². The van der Waals surface area contributed by atoms with Gasteiger partial charge in [-0.3, -0.25) is 24.1 Å². The molecule has 1 saturated heterocycles. The molecule has 0 bridgehead atoms. The molecule has 2 aromatic rings. The molecule has 2 aromatic carbocycles. The van der Waals surface area contributed by atoms with Gasteiger partial charge in [-0.15, -0.1) is 0 Å². The molecule has 0 aromatic heterocycles. The number of nitrogens with one attached hydrogen (secondary N) is 1. The normalized spacial score (nSPS) is 19.5. The Bertz CT molecular complexity index is 1100. The summed E-state index contributed by atoms with van der Waals surface area (Å²) in [7, 11) is 3.38. The molecule has 2 aliphatic heterocycles. The number of hydrogen-bond donors (Lipinski definition) is 1. The number of rotatable bonds is 5. The lowest BCUT2D eigenvalue weighted by molar-refractivity contribution is -0.124. The summed E-state index contributed by atoms with van der Waals surface area (Å²) in [4.78, 5) is 55.2. The lowest BCUT2D eigenvalue weighted by Crippen LogP contribution is -2.63. The molecule has 166 valence electrons. The minimum atomic E-state index is -0.867. The Morgan fingerprint density at radius 3 is 2.44 bits per heavy atom. The maximum absolute atomic E-state index is 13.2. The molecule has 4 amide bonds. The van der Waals surface area contributed by atoms with Gasteiger partial charge in [0.2, 0.25) is 11.8 Å². The fraction of sp³-hybridized carbons (Fsp3) is 0.333. The third-order valence-corrected chi connectivity index (χ3v) is 6.14. The van der Waals surface area contributed by atoms with Crippen molar-refractivity contribution in [1.29, 1.82) is 0 Å². The second-order valence-corrected chi connectivity index (χ2v) is 8.53. The Kier molecular flexibility index (Phi) is 5.46. The average Bonchev–Trinajstić information content (AvgIpc) is 3.10. The van der Waals surface area contributed by atoms with Crippen LogP contribution >= 0.6 is 0 Å². The molecule has 0 spiro atoms. The van der Waals surface area contributed by atoms with Gasteiger partial charge < -0.3 is 15.1 Å². The van der Waals surface area contributed by atoms with Gasteiger partial charge in [-0.05, 0) is 43.2 Å². The van der Waals surface area contributed by atoms with Crippen molar-refractivity contribution in [3.63, 3.8) is 0 Å². The number of carbonyl (C=O) groups excluding carboxylic acids is 4. The first-order valence-corrected chi connectivity index (χ1v) is 10.5. The van der Waals surface area contributed by atoms with Crippen LogP contribution in [0.25, 0.3) is 0 Å². The topological polar surface area (TPSA) is 90.0 Å². The molecule has 4 rings (SSSR count). The van der Waals surface area contributed by atoms with Crippen LogP contribution in [0.4, 0.5) is 5.69 Å². The lowest BCUT2D eigenvalue weighted by Gasteiger charge is -2.48. The summed E-state index contributed by atoms with van der Waals surface area (Å²) in [6.45, 7) is 1.96. The van der Waals surface area contributed by atoms with Gasteiger partial charge in [-0.1, -0.05) is 24.3 Å². The second-order valence-electron chi connectivity index (χ2n) is 8.53. The molecule has 0 radical (unpaired) electrons. The predicted octanol–water partition coefficient (Wildman–Crippen LogP) is 2.00. The number of nitrogens with zero attached hydrogens (tertiary/aromatic N) is 3. The molecule has 1 atom stereocenters. The standard InChI is InChI=1S/C24H26N4O4/c1-24-13-12-21(30)28(24)19-7-5-4-6-18(19)23(32)27(24)15-20(29)25-14-16-8-10-17(11-9-16)22(31)26(2)3/h4-11H,12-15H2,1-3H3,(H,25,29). The highest BCUT2D eigenvalue weighted by molar-refractivity contribution is 6.11. The van der Waals surface area contributed by atoms with Gasteiger partial charge in [0.1, 0.15) is 12.2 Å². The summed E-state index contributed by atoms with van der Waals surface area (Å²) in [5.74, 6) is -0.707. The van der Waals surface area contributed by atoms with E-state index in [1.165, 1.54) is 9.80 Å². The summed E-state index contributed by atoms with van der Waals surface area (Å²) >= 11 is 0. The average molecular weight is 434 g/mol. The number of benzene rings is 2. The smallest absolute Gasteiger partial charge is 0.258 e. The van der Waals surface area contributed by atoms with E-state index in [2.05, 4.69) is 5.32 Å². The van der Waals surface area contributed by atoms with E-state index in [1.807, 2.05) is 6.92 Å². The summed E-state index contributed by atoms with van der Waals surface area (Å²) in [6.07, 6.45) is 0.800. The van der Waals surface area contributed by atoms with E-state index in [9.17, 15) is 19.2 Å². The Morgan fingerprint density at radius 1 is 1.06 bits per heavy atom. The van der Waals surface area contributed by atoms with Crippen molar-refractivity contribution in [2.24, 2.45) is 0 Å². The van der Waals surface area contributed by atoms with Crippen LogP contribution in [0.15, 0.2) is 48.5 Å². The molecular formula is C24H26N4O4. The van der Waals surface area contributed by atoms with Gasteiger partial charge in [0.15, 0.2) is 0 Å². The molecule has 1 fully saturated rings. The van der Waals surface area contributed by atoms with Crippen molar-refractivity contribution >= 4 is 29.3 Å². The first-order valence-electron chi connectivity index (χ1n) is 10.5. The maximum Gasteiger partial charge on any atom is 0.258 e. The number of para-hydroxylation sites is 1. The van der Waals surface area contributed by atoms with Crippen molar-refractivity contribution in [2.75, 3.05) is 25.5 Å². The van der Waals surface area contributed by atoms with Crippen LogP contribution in [0.5, 0.6) is 0 Å². The van der Waals surface area contributed by atoms with Crippen LogP contribution in [0.1, 0.15) is 46.0 Å². The highest BCUT2D eigenvalue weighted by atomic mass is 16.2. The Balaban J connectivity index is 1.47. The van der Waals surface area contributed by atoms with E-state index in [0.717, 1.165) is 5.56 Å². The number of fused-ring (bicyclic) bond motifs is 3.